The van der Waals surface area contributed by atoms with Crippen LogP contribution in [-0.2, 0) is 4.79 Å². The normalized spacial score (nSPS) is 8.25. The quantitative estimate of drug-likeness (QED) is 0.487. The second-order valence-corrected chi connectivity index (χ2v) is 1.74. The number of rotatable bonds is 1. The Balaban J connectivity index is 3.44. The monoisotopic (exact) mass is 112 g/mol. The number of carbonyl (C=O) groups is 1. The van der Waals surface area contributed by atoms with Gasteiger partial charge in [-0.3, -0.25) is 4.79 Å². The SMILES string of the molecule is CC(C)NC(=O)C#N. The summed E-state index contributed by atoms with van der Waals surface area (Å²) in [5.41, 5.74) is 0. The fourth-order valence-corrected chi connectivity index (χ4v) is 0.294. The summed E-state index contributed by atoms with van der Waals surface area (Å²) in [7, 11) is 0. The minimum atomic E-state index is -0.569. The van der Waals surface area contributed by atoms with Gasteiger partial charge >= 0.3 is 5.91 Å². The number of nitriles is 1. The van der Waals surface area contributed by atoms with E-state index in [-0.39, 0.29) is 6.04 Å². The second kappa shape index (κ2) is 3.03. The summed E-state index contributed by atoms with van der Waals surface area (Å²) in [5, 5.41) is 10.3. The van der Waals surface area contributed by atoms with Crippen molar-refractivity contribution >= 4 is 5.91 Å². The first kappa shape index (κ1) is 6.96. The zero-order valence-electron chi connectivity index (χ0n) is 4.93. The van der Waals surface area contributed by atoms with E-state index in [2.05, 4.69) is 5.32 Å². The number of amides is 1. The molecule has 0 radical (unpaired) electrons. The van der Waals surface area contributed by atoms with E-state index < -0.39 is 5.91 Å². The highest BCUT2D eigenvalue weighted by Crippen LogP contribution is 1.73. The Morgan fingerprint density at radius 3 is 2.38 bits per heavy atom. The van der Waals surface area contributed by atoms with Crippen molar-refractivity contribution in [3.8, 4) is 6.07 Å². The first-order valence-corrected chi connectivity index (χ1v) is 2.37. The van der Waals surface area contributed by atoms with Crippen molar-refractivity contribution < 1.29 is 4.79 Å². The van der Waals surface area contributed by atoms with E-state index in [1.54, 1.807) is 13.8 Å². The van der Waals surface area contributed by atoms with Gasteiger partial charge in [-0.2, -0.15) is 5.26 Å². The number of nitrogens with one attached hydrogen (secondary N) is 1. The molecular weight excluding hydrogens is 104 g/mol. The summed E-state index contributed by atoms with van der Waals surface area (Å²) in [6.07, 6.45) is 0. The van der Waals surface area contributed by atoms with Gasteiger partial charge in [0, 0.05) is 6.04 Å². The summed E-state index contributed by atoms with van der Waals surface area (Å²) in [4.78, 5) is 10.2. The molecule has 0 rings (SSSR count). The molecule has 0 spiro atoms. The van der Waals surface area contributed by atoms with E-state index in [0.29, 0.717) is 0 Å². The molecule has 1 amide bonds. The van der Waals surface area contributed by atoms with Crippen LogP contribution in [0.3, 0.4) is 0 Å². The molecule has 0 aromatic rings. The van der Waals surface area contributed by atoms with Crippen LogP contribution in [0.2, 0.25) is 0 Å². The summed E-state index contributed by atoms with van der Waals surface area (Å²) in [6, 6.07) is 1.50. The lowest BCUT2D eigenvalue weighted by atomic mass is 10.4. The maximum atomic E-state index is 10.2. The maximum absolute atomic E-state index is 10.2. The van der Waals surface area contributed by atoms with E-state index in [1.807, 2.05) is 0 Å². The topological polar surface area (TPSA) is 52.9 Å². The summed E-state index contributed by atoms with van der Waals surface area (Å²) >= 11 is 0. The largest absolute Gasteiger partial charge is 0.341 e. The molecule has 0 aliphatic rings. The molecule has 0 unspecified atom stereocenters. The molecule has 0 bridgehead atoms. The van der Waals surface area contributed by atoms with Gasteiger partial charge in [0.1, 0.15) is 0 Å². The van der Waals surface area contributed by atoms with Gasteiger partial charge in [0.05, 0.1) is 0 Å². The Kier molecular flexibility index (Phi) is 2.63. The fraction of sp³-hybridized carbons (Fsp3) is 0.600. The molecule has 8 heavy (non-hydrogen) atoms. The summed E-state index contributed by atoms with van der Waals surface area (Å²) in [6.45, 7) is 3.60. The Labute approximate surface area is 48.3 Å². The molecule has 0 aromatic carbocycles. The van der Waals surface area contributed by atoms with Crippen LogP contribution in [-0.4, -0.2) is 11.9 Å². The standard InChI is InChI=1S/C5H8N2O/c1-4(2)7-5(8)3-6/h4H,1-2H3,(H,7,8). The Morgan fingerprint density at radius 1 is 1.75 bits per heavy atom. The van der Waals surface area contributed by atoms with E-state index in [0.717, 1.165) is 0 Å². The van der Waals surface area contributed by atoms with Crippen molar-refractivity contribution in [1.29, 1.82) is 5.26 Å². The third-order valence-electron chi connectivity index (χ3n) is 0.521. The van der Waals surface area contributed by atoms with Crippen molar-refractivity contribution in [3.05, 3.63) is 0 Å². The van der Waals surface area contributed by atoms with Gasteiger partial charge in [-0.15, -0.1) is 0 Å². The number of nitrogens with zero attached hydrogens (tertiary/aromatic N) is 1. The Bertz CT molecular complexity index is 123. The Morgan fingerprint density at radius 2 is 2.25 bits per heavy atom. The molecule has 0 saturated carbocycles. The lowest BCUT2D eigenvalue weighted by molar-refractivity contribution is -0.116. The molecule has 3 nitrogen and oxygen atoms in total. The first-order valence-electron chi connectivity index (χ1n) is 2.37. The molecule has 0 heterocycles. The van der Waals surface area contributed by atoms with Crippen molar-refractivity contribution in [3.63, 3.8) is 0 Å². The van der Waals surface area contributed by atoms with Crippen LogP contribution in [0.15, 0.2) is 0 Å². The van der Waals surface area contributed by atoms with E-state index in [9.17, 15) is 4.79 Å². The van der Waals surface area contributed by atoms with Gasteiger partial charge in [0.25, 0.3) is 0 Å². The molecule has 44 valence electrons. The van der Waals surface area contributed by atoms with Gasteiger partial charge in [-0.05, 0) is 13.8 Å². The average molecular weight is 112 g/mol. The summed E-state index contributed by atoms with van der Waals surface area (Å²) < 4.78 is 0. The van der Waals surface area contributed by atoms with Crippen LogP contribution >= 0.6 is 0 Å². The maximum Gasteiger partial charge on any atom is 0.322 e. The van der Waals surface area contributed by atoms with E-state index >= 15 is 0 Å². The van der Waals surface area contributed by atoms with Crippen LogP contribution in [0.5, 0.6) is 0 Å². The average Bonchev–Trinajstić information content (AvgIpc) is 1.65. The zero-order chi connectivity index (χ0) is 6.57. The van der Waals surface area contributed by atoms with Crippen LogP contribution < -0.4 is 5.32 Å². The van der Waals surface area contributed by atoms with Crippen molar-refractivity contribution in [2.75, 3.05) is 0 Å². The van der Waals surface area contributed by atoms with Gasteiger partial charge < -0.3 is 5.32 Å². The molecule has 0 saturated heterocycles. The minimum absolute atomic E-state index is 0.0575. The van der Waals surface area contributed by atoms with Gasteiger partial charge in [-0.1, -0.05) is 0 Å². The van der Waals surface area contributed by atoms with Crippen LogP contribution in [0.25, 0.3) is 0 Å². The molecule has 0 atom stereocenters. The summed E-state index contributed by atoms with van der Waals surface area (Å²) in [5.74, 6) is -0.569. The first-order chi connectivity index (χ1) is 3.66. The van der Waals surface area contributed by atoms with E-state index in [1.165, 1.54) is 6.07 Å². The van der Waals surface area contributed by atoms with Gasteiger partial charge in [0.2, 0.25) is 0 Å². The highest BCUT2D eigenvalue weighted by molar-refractivity contribution is 5.91. The molecule has 0 fully saturated rings. The highest BCUT2D eigenvalue weighted by atomic mass is 16.1. The predicted octanol–water partition coefficient (Wildman–Crippen LogP) is 0.0346. The van der Waals surface area contributed by atoms with Gasteiger partial charge in [-0.25, -0.2) is 0 Å². The third kappa shape index (κ3) is 3.16. The highest BCUT2D eigenvalue weighted by Gasteiger charge is 1.97. The predicted molar refractivity (Wildman–Crippen MR) is 28.9 cm³/mol. The van der Waals surface area contributed by atoms with Crippen molar-refractivity contribution in [2.24, 2.45) is 0 Å². The van der Waals surface area contributed by atoms with E-state index in [4.69, 9.17) is 5.26 Å². The lowest BCUT2D eigenvalue weighted by Crippen LogP contribution is -2.28. The van der Waals surface area contributed by atoms with Gasteiger partial charge in [0.15, 0.2) is 6.07 Å². The lowest BCUT2D eigenvalue weighted by Gasteiger charge is -2.00. The van der Waals surface area contributed by atoms with Crippen LogP contribution in [0.4, 0.5) is 0 Å². The van der Waals surface area contributed by atoms with Crippen molar-refractivity contribution in [2.45, 2.75) is 19.9 Å². The number of carbonyl (C=O) groups excluding carboxylic acids is 1. The number of hydrogen-bond acceptors (Lipinski definition) is 2. The molecule has 1 N–H and O–H groups in total. The van der Waals surface area contributed by atoms with Crippen molar-refractivity contribution in [1.82, 2.24) is 5.32 Å². The zero-order valence-corrected chi connectivity index (χ0v) is 4.93. The third-order valence-corrected chi connectivity index (χ3v) is 0.521. The smallest absolute Gasteiger partial charge is 0.322 e. The van der Waals surface area contributed by atoms with Crippen LogP contribution in [0, 0.1) is 11.3 Å². The molecular formula is C5H8N2O. The minimum Gasteiger partial charge on any atom is -0.341 e. The number of hydrogen-bond donors (Lipinski definition) is 1. The fourth-order valence-electron chi connectivity index (χ4n) is 0.294. The molecule has 0 aromatic heterocycles. The molecule has 0 aliphatic carbocycles. The molecule has 0 aliphatic heterocycles. The second-order valence-electron chi connectivity index (χ2n) is 1.74. The Hall–Kier alpha value is -1.04. The molecule has 3 heteroatoms. The van der Waals surface area contributed by atoms with Crippen LogP contribution in [0.1, 0.15) is 13.8 Å².